The third-order valence-corrected chi connectivity index (χ3v) is 4.59. The summed E-state index contributed by atoms with van der Waals surface area (Å²) in [5.41, 5.74) is 7.93. The van der Waals surface area contributed by atoms with Crippen LogP contribution >= 0.6 is 0 Å². The number of esters is 1. The first-order chi connectivity index (χ1) is 9.77. The molecule has 0 unspecified atom stereocenters. The lowest BCUT2D eigenvalue weighted by Gasteiger charge is -2.10. The molecule has 1 aromatic rings. The Bertz CT molecular complexity index is 588. The van der Waals surface area contributed by atoms with Gasteiger partial charge in [0.05, 0.1) is 11.5 Å². The molecule has 0 aliphatic heterocycles. The molecule has 0 atom stereocenters. The van der Waals surface area contributed by atoms with Gasteiger partial charge in [0.1, 0.15) is 0 Å². The Morgan fingerprint density at radius 3 is 2.57 bits per heavy atom. The zero-order chi connectivity index (χ0) is 16.0. The van der Waals surface area contributed by atoms with Crippen molar-refractivity contribution in [2.75, 3.05) is 18.9 Å². The fraction of sp³-hybridized carbons (Fsp3) is 0.500. The van der Waals surface area contributed by atoms with Gasteiger partial charge in [-0.25, -0.2) is 13.1 Å². The first-order valence-electron chi connectivity index (χ1n) is 6.80. The quantitative estimate of drug-likeness (QED) is 0.451. The van der Waals surface area contributed by atoms with E-state index in [-0.39, 0.29) is 23.8 Å². The van der Waals surface area contributed by atoms with E-state index in [1.54, 1.807) is 13.0 Å². The Labute approximate surface area is 125 Å². The van der Waals surface area contributed by atoms with Crippen LogP contribution < -0.4 is 10.5 Å². The Morgan fingerprint density at radius 2 is 2.00 bits per heavy atom. The first-order valence-corrected chi connectivity index (χ1v) is 8.28. The number of benzene rings is 1. The summed E-state index contributed by atoms with van der Waals surface area (Å²) < 4.78 is 31.5. The second-order valence-corrected chi connectivity index (χ2v) is 6.53. The average molecular weight is 314 g/mol. The summed E-state index contributed by atoms with van der Waals surface area (Å²) in [7, 11) is -3.61. The minimum Gasteiger partial charge on any atom is -0.466 e. The highest BCUT2D eigenvalue weighted by Gasteiger charge is 2.16. The lowest BCUT2D eigenvalue weighted by atomic mass is 10.1. The van der Waals surface area contributed by atoms with Gasteiger partial charge in [-0.3, -0.25) is 4.79 Å². The van der Waals surface area contributed by atoms with Crippen molar-refractivity contribution in [2.45, 2.75) is 38.5 Å². The molecule has 6 nitrogen and oxygen atoms in total. The van der Waals surface area contributed by atoms with Crippen LogP contribution in [0.3, 0.4) is 0 Å². The number of hydrogen-bond acceptors (Lipinski definition) is 5. The predicted molar refractivity (Wildman–Crippen MR) is 81.4 cm³/mol. The van der Waals surface area contributed by atoms with Crippen LogP contribution in [0.15, 0.2) is 17.0 Å². The van der Waals surface area contributed by atoms with E-state index in [1.807, 2.05) is 13.8 Å². The monoisotopic (exact) mass is 314 g/mol. The van der Waals surface area contributed by atoms with E-state index in [0.717, 1.165) is 11.1 Å². The van der Waals surface area contributed by atoms with Gasteiger partial charge in [-0.2, -0.15) is 0 Å². The maximum atomic E-state index is 12.1. The zero-order valence-corrected chi connectivity index (χ0v) is 13.4. The molecule has 1 aromatic carbocycles. The maximum Gasteiger partial charge on any atom is 0.305 e. The summed E-state index contributed by atoms with van der Waals surface area (Å²) in [5.74, 6) is -0.327. The van der Waals surface area contributed by atoms with Gasteiger partial charge in [0.15, 0.2) is 0 Å². The van der Waals surface area contributed by atoms with Crippen LogP contribution in [-0.2, 0) is 19.6 Å². The summed E-state index contributed by atoms with van der Waals surface area (Å²) in [4.78, 5) is 11.3. The largest absolute Gasteiger partial charge is 0.466 e. The topological polar surface area (TPSA) is 98.5 Å². The number of aryl methyl sites for hydroxylation is 1. The third kappa shape index (κ3) is 5.02. The standard InChI is InChI=1S/C14H22N2O4S/c1-4-20-14(17)6-5-7-16-21(18,19)12-8-10(2)11(3)13(15)9-12/h8-9,16H,4-7,15H2,1-3H3. The van der Waals surface area contributed by atoms with Crippen molar-refractivity contribution in [3.8, 4) is 0 Å². The molecular formula is C14H22N2O4S. The van der Waals surface area contributed by atoms with E-state index >= 15 is 0 Å². The fourth-order valence-electron chi connectivity index (χ4n) is 1.76. The number of sulfonamides is 1. The lowest BCUT2D eigenvalue weighted by Crippen LogP contribution is -2.25. The zero-order valence-electron chi connectivity index (χ0n) is 12.6. The molecule has 1 rings (SSSR count). The molecular weight excluding hydrogens is 292 g/mol. The highest BCUT2D eigenvalue weighted by atomic mass is 32.2. The van der Waals surface area contributed by atoms with Gasteiger partial charge >= 0.3 is 5.97 Å². The number of rotatable bonds is 7. The van der Waals surface area contributed by atoms with Gasteiger partial charge in [0.2, 0.25) is 10.0 Å². The molecule has 0 aliphatic rings. The van der Waals surface area contributed by atoms with Crippen LogP contribution in [0.25, 0.3) is 0 Å². The predicted octanol–water partition coefficient (Wildman–Crippen LogP) is 1.51. The highest BCUT2D eigenvalue weighted by Crippen LogP contribution is 2.21. The van der Waals surface area contributed by atoms with Crippen molar-refractivity contribution in [1.82, 2.24) is 4.72 Å². The van der Waals surface area contributed by atoms with E-state index in [2.05, 4.69) is 4.72 Å². The SMILES string of the molecule is CCOC(=O)CCCNS(=O)(=O)c1cc(C)c(C)c(N)c1. The van der Waals surface area contributed by atoms with E-state index < -0.39 is 10.0 Å². The summed E-state index contributed by atoms with van der Waals surface area (Å²) in [6.07, 6.45) is 0.573. The van der Waals surface area contributed by atoms with Gasteiger partial charge in [0, 0.05) is 18.7 Å². The molecule has 0 heterocycles. The van der Waals surface area contributed by atoms with Gasteiger partial charge in [-0.05, 0) is 50.5 Å². The second-order valence-electron chi connectivity index (χ2n) is 4.76. The first kappa shape index (κ1) is 17.5. The molecule has 0 saturated carbocycles. The van der Waals surface area contributed by atoms with Crippen molar-refractivity contribution in [2.24, 2.45) is 0 Å². The van der Waals surface area contributed by atoms with Crippen molar-refractivity contribution in [1.29, 1.82) is 0 Å². The molecule has 7 heteroatoms. The minimum atomic E-state index is -3.61. The number of carbonyl (C=O) groups is 1. The van der Waals surface area contributed by atoms with Crippen LogP contribution in [-0.4, -0.2) is 27.5 Å². The molecule has 0 bridgehead atoms. The summed E-state index contributed by atoms with van der Waals surface area (Å²) in [5, 5.41) is 0. The van der Waals surface area contributed by atoms with E-state index in [9.17, 15) is 13.2 Å². The molecule has 0 amide bonds. The number of nitrogens with two attached hydrogens (primary N) is 1. The molecule has 0 radical (unpaired) electrons. The molecule has 0 aliphatic carbocycles. The van der Waals surface area contributed by atoms with Gasteiger partial charge in [-0.15, -0.1) is 0 Å². The van der Waals surface area contributed by atoms with Crippen LogP contribution in [0, 0.1) is 13.8 Å². The lowest BCUT2D eigenvalue weighted by molar-refractivity contribution is -0.143. The number of nitrogens with one attached hydrogen (secondary N) is 1. The highest BCUT2D eigenvalue weighted by molar-refractivity contribution is 7.89. The number of ether oxygens (including phenoxy) is 1. The smallest absolute Gasteiger partial charge is 0.305 e. The minimum absolute atomic E-state index is 0.138. The summed E-state index contributed by atoms with van der Waals surface area (Å²) >= 11 is 0. The van der Waals surface area contributed by atoms with Crippen LogP contribution in [0.1, 0.15) is 30.9 Å². The van der Waals surface area contributed by atoms with E-state index in [4.69, 9.17) is 10.5 Å². The molecule has 118 valence electrons. The number of hydrogen-bond donors (Lipinski definition) is 2. The molecule has 0 saturated heterocycles. The molecule has 3 N–H and O–H groups in total. The summed E-state index contributed by atoms with van der Waals surface area (Å²) in [6, 6.07) is 3.02. The van der Waals surface area contributed by atoms with Gasteiger partial charge in [0.25, 0.3) is 0 Å². The Morgan fingerprint density at radius 1 is 1.33 bits per heavy atom. The van der Waals surface area contributed by atoms with Crippen LogP contribution in [0.2, 0.25) is 0 Å². The number of carbonyl (C=O) groups excluding carboxylic acids is 1. The molecule has 21 heavy (non-hydrogen) atoms. The maximum absolute atomic E-state index is 12.1. The number of anilines is 1. The second kappa shape index (κ2) is 7.42. The number of nitrogen functional groups attached to an aromatic ring is 1. The van der Waals surface area contributed by atoms with Crippen molar-refractivity contribution in [3.63, 3.8) is 0 Å². The van der Waals surface area contributed by atoms with E-state index in [1.165, 1.54) is 6.07 Å². The van der Waals surface area contributed by atoms with Gasteiger partial charge < -0.3 is 10.5 Å². The average Bonchev–Trinajstić information content (AvgIpc) is 2.40. The summed E-state index contributed by atoms with van der Waals surface area (Å²) in [6.45, 7) is 5.88. The normalized spacial score (nSPS) is 11.4. The molecule has 0 aromatic heterocycles. The van der Waals surface area contributed by atoms with Crippen molar-refractivity contribution >= 4 is 21.7 Å². The fourth-order valence-corrected chi connectivity index (χ4v) is 2.96. The Balaban J connectivity index is 2.64. The van der Waals surface area contributed by atoms with E-state index in [0.29, 0.717) is 18.7 Å². The van der Waals surface area contributed by atoms with Gasteiger partial charge in [-0.1, -0.05) is 0 Å². The Hall–Kier alpha value is -1.60. The molecule has 0 spiro atoms. The molecule has 0 fully saturated rings. The van der Waals surface area contributed by atoms with Crippen LogP contribution in [0.4, 0.5) is 5.69 Å². The Kier molecular flexibility index (Phi) is 6.17. The van der Waals surface area contributed by atoms with Crippen molar-refractivity contribution in [3.05, 3.63) is 23.3 Å². The third-order valence-electron chi connectivity index (χ3n) is 3.15. The van der Waals surface area contributed by atoms with Crippen molar-refractivity contribution < 1.29 is 17.9 Å². The van der Waals surface area contributed by atoms with Crippen LogP contribution in [0.5, 0.6) is 0 Å².